The van der Waals surface area contributed by atoms with Crippen LogP contribution in [0.15, 0.2) is 78.6 Å². The Morgan fingerprint density at radius 1 is 1.06 bits per heavy atom. The predicted octanol–water partition coefficient (Wildman–Crippen LogP) is 5.17. The molecule has 1 unspecified atom stereocenters. The number of nitrogens with zero attached hydrogens (tertiary/aromatic N) is 2. The normalized spacial score (nSPS) is 17.8. The number of rotatable bonds is 5. The zero-order valence-electron chi connectivity index (χ0n) is 17.9. The molecule has 9 heteroatoms. The molecule has 1 aromatic heterocycles. The molecule has 6 nitrogen and oxygen atoms in total. The summed E-state index contributed by atoms with van der Waals surface area (Å²) in [6.07, 6.45) is -1.11. The van der Waals surface area contributed by atoms with E-state index in [2.05, 4.69) is 9.72 Å². The number of benzene rings is 2. The second kappa shape index (κ2) is 9.01. The van der Waals surface area contributed by atoms with Gasteiger partial charge in [-0.1, -0.05) is 37.3 Å². The highest BCUT2D eigenvalue weighted by atomic mass is 19.4. The van der Waals surface area contributed by atoms with Crippen LogP contribution in [0.1, 0.15) is 29.7 Å². The number of aryl methyl sites for hydroxylation is 1. The molecule has 3 aromatic rings. The molecular weight excluding hydrogens is 449 g/mol. The summed E-state index contributed by atoms with van der Waals surface area (Å²) >= 11 is 0. The zero-order valence-corrected chi connectivity index (χ0v) is 17.9. The van der Waals surface area contributed by atoms with Crippen molar-refractivity contribution < 1.29 is 32.6 Å². The Kier molecular flexibility index (Phi) is 6.10. The van der Waals surface area contributed by atoms with Gasteiger partial charge in [-0.15, -0.1) is 13.2 Å². The topological polar surface area (TPSA) is 79.7 Å². The van der Waals surface area contributed by atoms with Crippen molar-refractivity contribution >= 4 is 23.1 Å². The van der Waals surface area contributed by atoms with Crippen molar-refractivity contribution in [2.24, 2.45) is 0 Å². The van der Waals surface area contributed by atoms with E-state index < -0.39 is 29.8 Å². The number of ketones is 1. The smallest absolute Gasteiger partial charge is 0.507 e. The van der Waals surface area contributed by atoms with Gasteiger partial charge in [-0.05, 0) is 47.9 Å². The van der Waals surface area contributed by atoms with E-state index in [0.717, 1.165) is 29.0 Å². The molecule has 1 fully saturated rings. The molecule has 4 rings (SSSR count). The van der Waals surface area contributed by atoms with Crippen LogP contribution in [0.3, 0.4) is 0 Å². The molecule has 1 N–H and O–H groups in total. The summed E-state index contributed by atoms with van der Waals surface area (Å²) in [5, 5.41) is 11.1. The minimum Gasteiger partial charge on any atom is -0.507 e. The van der Waals surface area contributed by atoms with Gasteiger partial charge in [0.1, 0.15) is 11.5 Å². The summed E-state index contributed by atoms with van der Waals surface area (Å²) in [4.78, 5) is 31.3. The van der Waals surface area contributed by atoms with Gasteiger partial charge in [0.05, 0.1) is 11.6 Å². The van der Waals surface area contributed by atoms with Gasteiger partial charge in [0.25, 0.3) is 11.7 Å². The average Bonchev–Trinajstić information content (AvgIpc) is 3.09. The van der Waals surface area contributed by atoms with Crippen molar-refractivity contribution in [2.45, 2.75) is 25.7 Å². The number of halogens is 3. The first-order chi connectivity index (χ1) is 16.2. The number of aromatic nitrogens is 1. The Labute approximate surface area is 192 Å². The highest BCUT2D eigenvalue weighted by molar-refractivity contribution is 6.51. The summed E-state index contributed by atoms with van der Waals surface area (Å²) in [7, 11) is 0. The third kappa shape index (κ3) is 4.50. The lowest BCUT2D eigenvalue weighted by atomic mass is 9.95. The monoisotopic (exact) mass is 468 g/mol. The Bertz CT molecular complexity index is 1240. The minimum absolute atomic E-state index is 0.141. The largest absolute Gasteiger partial charge is 0.573 e. The number of alkyl halides is 3. The number of pyridine rings is 1. The molecule has 174 valence electrons. The van der Waals surface area contributed by atoms with E-state index in [0.29, 0.717) is 11.1 Å². The molecule has 1 saturated heterocycles. The highest BCUT2D eigenvalue weighted by Crippen LogP contribution is 2.42. The summed E-state index contributed by atoms with van der Waals surface area (Å²) in [5.74, 6) is -2.66. The molecule has 0 bridgehead atoms. The first-order valence-electron chi connectivity index (χ1n) is 10.4. The molecule has 0 radical (unpaired) electrons. The second-order valence-corrected chi connectivity index (χ2v) is 7.55. The van der Waals surface area contributed by atoms with Gasteiger partial charge in [-0.3, -0.25) is 19.5 Å². The SMILES string of the molecule is CCc1ccc(/C(O)=C2/C(=O)C(=O)N(c3ccc(OC(F)(F)F)cc3)C2c2cccnc2)cc1. The van der Waals surface area contributed by atoms with Gasteiger partial charge in [-0.2, -0.15) is 0 Å². The quantitative estimate of drug-likeness (QED) is 0.318. The number of hydrogen-bond acceptors (Lipinski definition) is 5. The van der Waals surface area contributed by atoms with E-state index in [1.165, 1.54) is 24.5 Å². The van der Waals surface area contributed by atoms with Gasteiger partial charge in [0.15, 0.2) is 0 Å². The molecule has 1 amide bonds. The van der Waals surface area contributed by atoms with Gasteiger partial charge in [0.2, 0.25) is 0 Å². The lowest BCUT2D eigenvalue weighted by molar-refractivity contribution is -0.274. The first-order valence-corrected chi connectivity index (χ1v) is 10.4. The van der Waals surface area contributed by atoms with Crippen LogP contribution in [0, 0.1) is 0 Å². The molecule has 2 aromatic carbocycles. The maximum Gasteiger partial charge on any atom is 0.573 e. The van der Waals surface area contributed by atoms with Crippen molar-refractivity contribution in [1.29, 1.82) is 0 Å². The molecule has 2 heterocycles. The number of carbonyl (C=O) groups excluding carboxylic acids is 2. The van der Waals surface area contributed by atoms with Gasteiger partial charge in [-0.25, -0.2) is 0 Å². The number of Topliss-reactive ketones (excluding diaryl/α,β-unsaturated/α-hetero) is 1. The minimum atomic E-state index is -4.87. The number of hydrogen-bond donors (Lipinski definition) is 1. The van der Waals surface area contributed by atoms with E-state index in [1.807, 2.05) is 19.1 Å². The van der Waals surface area contributed by atoms with Crippen LogP contribution in [-0.2, 0) is 16.0 Å². The van der Waals surface area contributed by atoms with Crippen LogP contribution >= 0.6 is 0 Å². The number of anilines is 1. The summed E-state index contributed by atoms with van der Waals surface area (Å²) in [5.41, 5.74) is 1.85. The van der Waals surface area contributed by atoms with Crippen LogP contribution < -0.4 is 9.64 Å². The van der Waals surface area contributed by atoms with Crippen LogP contribution in [0.5, 0.6) is 5.75 Å². The van der Waals surface area contributed by atoms with E-state index >= 15 is 0 Å². The Balaban J connectivity index is 1.82. The lowest BCUT2D eigenvalue weighted by Crippen LogP contribution is -2.29. The molecule has 0 saturated carbocycles. The number of carbonyl (C=O) groups is 2. The molecule has 0 spiro atoms. The van der Waals surface area contributed by atoms with E-state index in [-0.39, 0.29) is 17.0 Å². The maximum atomic E-state index is 13.1. The van der Waals surface area contributed by atoms with E-state index in [1.54, 1.807) is 24.3 Å². The van der Waals surface area contributed by atoms with Crippen LogP contribution in [0.4, 0.5) is 18.9 Å². The average molecular weight is 468 g/mol. The van der Waals surface area contributed by atoms with Crippen molar-refractivity contribution in [2.75, 3.05) is 4.90 Å². The van der Waals surface area contributed by atoms with Crippen LogP contribution in [-0.4, -0.2) is 28.1 Å². The summed E-state index contributed by atoms with van der Waals surface area (Å²) in [6.45, 7) is 1.98. The van der Waals surface area contributed by atoms with E-state index in [4.69, 9.17) is 0 Å². The van der Waals surface area contributed by atoms with Crippen molar-refractivity contribution in [3.05, 3.63) is 95.3 Å². The lowest BCUT2D eigenvalue weighted by Gasteiger charge is -2.25. The number of aliphatic hydroxyl groups is 1. The fraction of sp³-hybridized carbons (Fsp3) is 0.160. The van der Waals surface area contributed by atoms with Crippen LogP contribution in [0.25, 0.3) is 5.76 Å². The Morgan fingerprint density at radius 2 is 1.74 bits per heavy atom. The summed E-state index contributed by atoms with van der Waals surface area (Å²) < 4.78 is 41.4. The van der Waals surface area contributed by atoms with E-state index in [9.17, 15) is 27.9 Å². The van der Waals surface area contributed by atoms with Crippen LogP contribution in [0.2, 0.25) is 0 Å². The molecule has 0 aliphatic carbocycles. The van der Waals surface area contributed by atoms with Gasteiger partial charge < -0.3 is 9.84 Å². The van der Waals surface area contributed by atoms with Crippen molar-refractivity contribution in [3.8, 4) is 5.75 Å². The first kappa shape index (κ1) is 23.0. The van der Waals surface area contributed by atoms with Crippen molar-refractivity contribution in [3.63, 3.8) is 0 Å². The standard InChI is InChI=1S/C25H19F3N2O4/c1-2-15-5-7-16(8-6-15)22(31)20-21(17-4-3-13-29-14-17)30(24(33)23(20)32)18-9-11-19(12-10-18)34-25(26,27)28/h3-14,21,31H,2H2,1H3/b22-20-. The molecular formula is C25H19F3N2O4. The zero-order chi connectivity index (χ0) is 24.5. The fourth-order valence-corrected chi connectivity index (χ4v) is 3.81. The second-order valence-electron chi connectivity index (χ2n) is 7.55. The number of ether oxygens (including phenoxy) is 1. The third-order valence-corrected chi connectivity index (χ3v) is 5.43. The molecule has 1 aliphatic rings. The van der Waals surface area contributed by atoms with Crippen molar-refractivity contribution in [1.82, 2.24) is 4.98 Å². The highest BCUT2D eigenvalue weighted by Gasteiger charge is 2.47. The fourth-order valence-electron chi connectivity index (χ4n) is 3.81. The number of amides is 1. The third-order valence-electron chi connectivity index (χ3n) is 5.43. The predicted molar refractivity (Wildman–Crippen MR) is 118 cm³/mol. The number of aliphatic hydroxyl groups excluding tert-OH is 1. The Morgan fingerprint density at radius 3 is 2.29 bits per heavy atom. The van der Waals surface area contributed by atoms with Gasteiger partial charge in [0, 0.05) is 23.6 Å². The molecule has 34 heavy (non-hydrogen) atoms. The maximum absolute atomic E-state index is 13.1. The van der Waals surface area contributed by atoms with Gasteiger partial charge >= 0.3 is 6.36 Å². The Hall–Kier alpha value is -4.14. The summed E-state index contributed by atoms with van der Waals surface area (Å²) in [6, 6.07) is 13.7. The molecule has 1 aliphatic heterocycles. The molecule has 1 atom stereocenters.